The summed E-state index contributed by atoms with van der Waals surface area (Å²) < 4.78 is 10.7. The van der Waals surface area contributed by atoms with Crippen molar-refractivity contribution in [3.05, 3.63) is 74.8 Å². The van der Waals surface area contributed by atoms with Crippen molar-refractivity contribution in [2.45, 2.75) is 71.8 Å². The molecule has 0 saturated carbocycles. The summed E-state index contributed by atoms with van der Waals surface area (Å²) in [4.78, 5) is 36.0. The number of rotatable bonds is 14. The molecule has 0 radical (unpaired) electrons. The van der Waals surface area contributed by atoms with Crippen LogP contribution in [-0.2, 0) is 16.1 Å². The Kier molecular flexibility index (Phi) is 11.1. The summed E-state index contributed by atoms with van der Waals surface area (Å²) >= 11 is 0. The maximum atomic E-state index is 12.6. The normalized spacial score (nSPS) is 10.6. The molecule has 0 amide bonds. The zero-order chi connectivity index (χ0) is 24.1. The quantitative estimate of drug-likeness (QED) is 0.139. The summed E-state index contributed by atoms with van der Waals surface area (Å²) in [5.41, 5.74) is 0.902. The first-order chi connectivity index (χ1) is 16.0. The number of hydrogen-bond acceptors (Lipinski definition) is 6. The average Bonchev–Trinajstić information content (AvgIpc) is 2.81. The maximum Gasteiger partial charge on any atom is 0.339 e. The highest BCUT2D eigenvalue weighted by Crippen LogP contribution is 2.24. The molecule has 0 heterocycles. The Hall–Kier alpha value is -3.22. The summed E-state index contributed by atoms with van der Waals surface area (Å²) in [6, 6.07) is 11.1. The largest absolute Gasteiger partial charge is 0.462 e. The van der Waals surface area contributed by atoms with Gasteiger partial charge in [-0.2, -0.15) is 0 Å². The molecule has 7 nitrogen and oxygen atoms in total. The van der Waals surface area contributed by atoms with Crippen LogP contribution in [0.5, 0.6) is 0 Å². The van der Waals surface area contributed by atoms with E-state index in [1.54, 1.807) is 37.3 Å². The number of esters is 2. The van der Waals surface area contributed by atoms with Gasteiger partial charge in [-0.15, -0.1) is 0 Å². The number of ether oxygens (including phenoxy) is 2. The molecule has 0 aromatic heterocycles. The minimum absolute atomic E-state index is 0.0775. The Bertz CT molecular complexity index is 940. The van der Waals surface area contributed by atoms with Crippen LogP contribution in [0.4, 0.5) is 5.69 Å². The minimum Gasteiger partial charge on any atom is -0.462 e. The highest BCUT2D eigenvalue weighted by atomic mass is 16.6. The molecule has 33 heavy (non-hydrogen) atoms. The Morgan fingerprint density at radius 3 is 2.00 bits per heavy atom. The molecule has 7 heteroatoms. The molecule has 0 spiro atoms. The number of carbonyl (C=O) groups is 2. The van der Waals surface area contributed by atoms with E-state index in [9.17, 15) is 19.7 Å². The zero-order valence-electron chi connectivity index (χ0n) is 19.5. The average molecular weight is 456 g/mol. The van der Waals surface area contributed by atoms with Crippen LogP contribution >= 0.6 is 0 Å². The van der Waals surface area contributed by atoms with Crippen LogP contribution in [-0.4, -0.2) is 23.5 Å². The third-order valence-corrected chi connectivity index (χ3v) is 5.46. The standard InChI is InChI=1S/C26H33NO6/c1-3-4-5-6-7-8-9-12-18-32-25(28)22-16-10-11-17-23(22)26(29)33-19-21-15-13-14-20(2)24(21)27(30)31/h10-11,13-17H,3-9,12,18-19H2,1-2H3. The molecule has 0 unspecified atom stereocenters. The van der Waals surface area contributed by atoms with Crippen molar-refractivity contribution in [2.24, 2.45) is 0 Å². The van der Waals surface area contributed by atoms with Gasteiger partial charge in [0.1, 0.15) is 6.61 Å². The molecule has 178 valence electrons. The Morgan fingerprint density at radius 2 is 1.39 bits per heavy atom. The second-order valence-corrected chi connectivity index (χ2v) is 8.07. The summed E-state index contributed by atoms with van der Waals surface area (Å²) in [5, 5.41) is 11.3. The Morgan fingerprint density at radius 1 is 0.818 bits per heavy atom. The molecule has 0 N–H and O–H groups in total. The van der Waals surface area contributed by atoms with Gasteiger partial charge in [0.05, 0.1) is 28.2 Å². The predicted octanol–water partition coefficient (Wildman–Crippen LogP) is 6.56. The Balaban J connectivity index is 1.88. The molecule has 0 aliphatic carbocycles. The molecule has 0 saturated heterocycles. The SMILES string of the molecule is CCCCCCCCCCOC(=O)c1ccccc1C(=O)OCc1cccc(C)c1[N+](=O)[O-]. The van der Waals surface area contributed by atoms with Gasteiger partial charge in [0.15, 0.2) is 0 Å². The van der Waals surface area contributed by atoms with E-state index in [4.69, 9.17) is 9.47 Å². The number of nitrogens with zero attached hydrogens (tertiary/aromatic N) is 1. The van der Waals surface area contributed by atoms with E-state index in [2.05, 4.69) is 6.92 Å². The van der Waals surface area contributed by atoms with E-state index in [1.807, 2.05) is 0 Å². The molecule has 0 aliphatic rings. The van der Waals surface area contributed by atoms with Crippen molar-refractivity contribution < 1.29 is 24.0 Å². The van der Waals surface area contributed by atoms with Crippen LogP contribution in [0.15, 0.2) is 42.5 Å². The molecule has 0 aliphatic heterocycles. The highest BCUT2D eigenvalue weighted by Gasteiger charge is 2.21. The van der Waals surface area contributed by atoms with Crippen LogP contribution in [0, 0.1) is 17.0 Å². The van der Waals surface area contributed by atoms with E-state index >= 15 is 0 Å². The lowest BCUT2D eigenvalue weighted by Gasteiger charge is -2.10. The van der Waals surface area contributed by atoms with E-state index in [1.165, 1.54) is 44.2 Å². The first-order valence-corrected chi connectivity index (χ1v) is 11.6. The molecule has 2 rings (SSSR count). The second-order valence-electron chi connectivity index (χ2n) is 8.07. The fraction of sp³-hybridized carbons (Fsp3) is 0.462. The molecule has 2 aromatic rings. The lowest BCUT2D eigenvalue weighted by atomic mass is 10.1. The van der Waals surface area contributed by atoms with Crippen LogP contribution in [0.25, 0.3) is 0 Å². The van der Waals surface area contributed by atoms with Gasteiger partial charge in [-0.3, -0.25) is 10.1 Å². The topological polar surface area (TPSA) is 95.7 Å². The number of benzene rings is 2. The van der Waals surface area contributed by atoms with Crippen molar-refractivity contribution in [2.75, 3.05) is 6.61 Å². The summed E-state index contributed by atoms with van der Waals surface area (Å²) in [5.74, 6) is -1.31. The summed E-state index contributed by atoms with van der Waals surface area (Å²) in [6.07, 6.45) is 9.13. The van der Waals surface area contributed by atoms with E-state index in [0.29, 0.717) is 17.7 Å². The predicted molar refractivity (Wildman–Crippen MR) is 126 cm³/mol. The zero-order valence-corrected chi connectivity index (χ0v) is 19.5. The molecular weight excluding hydrogens is 422 g/mol. The smallest absolute Gasteiger partial charge is 0.339 e. The fourth-order valence-electron chi connectivity index (χ4n) is 3.64. The number of unbranched alkanes of at least 4 members (excludes halogenated alkanes) is 7. The number of nitro groups is 1. The summed E-state index contributed by atoms with van der Waals surface area (Å²) in [7, 11) is 0. The van der Waals surface area contributed by atoms with Gasteiger partial charge in [0.2, 0.25) is 0 Å². The number of nitro benzene ring substituents is 1. The van der Waals surface area contributed by atoms with Gasteiger partial charge >= 0.3 is 11.9 Å². The Labute approximate surface area is 195 Å². The monoisotopic (exact) mass is 455 g/mol. The van der Waals surface area contributed by atoms with Gasteiger partial charge in [0, 0.05) is 5.56 Å². The van der Waals surface area contributed by atoms with Crippen molar-refractivity contribution in [3.8, 4) is 0 Å². The van der Waals surface area contributed by atoms with Gasteiger partial charge in [-0.05, 0) is 31.5 Å². The van der Waals surface area contributed by atoms with Gasteiger partial charge < -0.3 is 9.47 Å². The molecule has 0 fully saturated rings. The van der Waals surface area contributed by atoms with Crippen LogP contribution in [0.3, 0.4) is 0 Å². The van der Waals surface area contributed by atoms with E-state index in [0.717, 1.165) is 19.3 Å². The number of aryl methyl sites for hydroxylation is 1. The van der Waals surface area contributed by atoms with Crippen LogP contribution in [0.2, 0.25) is 0 Å². The highest BCUT2D eigenvalue weighted by molar-refractivity contribution is 6.03. The van der Waals surface area contributed by atoms with Crippen LogP contribution < -0.4 is 0 Å². The third-order valence-electron chi connectivity index (χ3n) is 5.46. The molecule has 2 aromatic carbocycles. The third kappa shape index (κ3) is 8.33. The maximum absolute atomic E-state index is 12.6. The second kappa shape index (κ2) is 14.0. The fourth-order valence-corrected chi connectivity index (χ4v) is 3.64. The van der Waals surface area contributed by atoms with Gasteiger partial charge in [0.25, 0.3) is 5.69 Å². The van der Waals surface area contributed by atoms with Crippen molar-refractivity contribution in [1.82, 2.24) is 0 Å². The van der Waals surface area contributed by atoms with Gasteiger partial charge in [-0.25, -0.2) is 9.59 Å². The summed E-state index contributed by atoms with van der Waals surface area (Å²) in [6.45, 7) is 3.86. The van der Waals surface area contributed by atoms with Crippen molar-refractivity contribution in [1.29, 1.82) is 0 Å². The lowest BCUT2D eigenvalue weighted by molar-refractivity contribution is -0.386. The van der Waals surface area contributed by atoms with Gasteiger partial charge in [-0.1, -0.05) is 76.1 Å². The number of para-hydroxylation sites is 1. The minimum atomic E-state index is -0.731. The first kappa shape index (κ1) is 26.0. The lowest BCUT2D eigenvalue weighted by Crippen LogP contribution is -2.15. The molecule has 0 bridgehead atoms. The van der Waals surface area contributed by atoms with Crippen LogP contribution in [0.1, 0.15) is 90.1 Å². The van der Waals surface area contributed by atoms with E-state index < -0.39 is 16.9 Å². The first-order valence-electron chi connectivity index (χ1n) is 11.6. The number of hydrogen-bond donors (Lipinski definition) is 0. The van der Waals surface area contributed by atoms with E-state index in [-0.39, 0.29) is 23.4 Å². The molecule has 0 atom stereocenters. The van der Waals surface area contributed by atoms with Crippen molar-refractivity contribution in [3.63, 3.8) is 0 Å². The number of carbonyl (C=O) groups excluding carboxylic acids is 2. The van der Waals surface area contributed by atoms with Crippen molar-refractivity contribution >= 4 is 17.6 Å². The molecular formula is C26H33NO6.